The Morgan fingerprint density at radius 2 is 2.25 bits per heavy atom. The number of aromatic amines is 1. The highest BCUT2D eigenvalue weighted by Crippen LogP contribution is 2.33. The number of hydrogen-bond acceptors (Lipinski definition) is 4. The van der Waals surface area contributed by atoms with Gasteiger partial charge in [-0.15, -0.1) is 0 Å². The molecule has 0 radical (unpaired) electrons. The van der Waals surface area contributed by atoms with Gasteiger partial charge in [-0.3, -0.25) is 4.90 Å². The van der Waals surface area contributed by atoms with E-state index in [0.29, 0.717) is 6.04 Å². The Hall–Kier alpha value is -1.62. The number of rotatable bonds is 3. The van der Waals surface area contributed by atoms with E-state index in [4.69, 9.17) is 9.51 Å². The molecular weight excluding hydrogens is 252 g/mol. The van der Waals surface area contributed by atoms with E-state index in [0.717, 1.165) is 31.0 Å². The van der Waals surface area contributed by atoms with Crippen LogP contribution in [0.15, 0.2) is 16.9 Å². The summed E-state index contributed by atoms with van der Waals surface area (Å²) >= 11 is 0. The standard InChI is InChI=1S/C15H20N4O/c1-2-5-13-12(4-1)16-15(17-13)14-6-3-8-19(14)10-11-7-9-20-18-11/h7,9,14H,1-6,8,10H2,(H,16,17)/t14-/m0/s1. The molecule has 0 spiro atoms. The molecule has 20 heavy (non-hydrogen) atoms. The second-order valence-corrected chi connectivity index (χ2v) is 5.87. The number of H-pyrrole nitrogens is 1. The van der Waals surface area contributed by atoms with Crippen molar-refractivity contribution < 1.29 is 4.52 Å². The van der Waals surface area contributed by atoms with Gasteiger partial charge in [0, 0.05) is 18.3 Å². The van der Waals surface area contributed by atoms with Gasteiger partial charge >= 0.3 is 0 Å². The van der Waals surface area contributed by atoms with Crippen molar-refractivity contribution in [1.82, 2.24) is 20.0 Å². The van der Waals surface area contributed by atoms with Gasteiger partial charge in [0.1, 0.15) is 12.1 Å². The minimum Gasteiger partial charge on any atom is -0.364 e. The van der Waals surface area contributed by atoms with E-state index in [2.05, 4.69) is 15.0 Å². The van der Waals surface area contributed by atoms with Gasteiger partial charge in [0.2, 0.25) is 0 Å². The Balaban J connectivity index is 1.55. The fourth-order valence-corrected chi connectivity index (χ4v) is 3.49. The molecule has 0 amide bonds. The van der Waals surface area contributed by atoms with Gasteiger partial charge in [0.15, 0.2) is 0 Å². The molecule has 5 nitrogen and oxygen atoms in total. The number of nitrogens with one attached hydrogen (secondary N) is 1. The number of hydrogen-bond donors (Lipinski definition) is 1. The number of nitrogens with zero attached hydrogens (tertiary/aromatic N) is 3. The molecule has 0 bridgehead atoms. The molecule has 1 fully saturated rings. The zero-order chi connectivity index (χ0) is 13.4. The molecular formula is C15H20N4O. The Labute approximate surface area is 118 Å². The maximum Gasteiger partial charge on any atom is 0.124 e. The Kier molecular flexibility index (Phi) is 3.07. The van der Waals surface area contributed by atoms with Gasteiger partial charge in [-0.25, -0.2) is 4.98 Å². The molecule has 1 aliphatic carbocycles. The minimum atomic E-state index is 0.414. The summed E-state index contributed by atoms with van der Waals surface area (Å²) in [6, 6.07) is 2.36. The van der Waals surface area contributed by atoms with Gasteiger partial charge in [0.05, 0.1) is 17.4 Å². The number of likely N-dealkylation sites (tertiary alicyclic amines) is 1. The number of imidazole rings is 1. The third-order valence-corrected chi connectivity index (χ3v) is 4.51. The summed E-state index contributed by atoms with van der Waals surface area (Å²) in [5, 5.41) is 4.03. The van der Waals surface area contributed by atoms with Crippen molar-refractivity contribution in [3.05, 3.63) is 35.2 Å². The Morgan fingerprint density at radius 3 is 3.10 bits per heavy atom. The van der Waals surface area contributed by atoms with Crippen LogP contribution in [0, 0.1) is 0 Å². The molecule has 5 heteroatoms. The van der Waals surface area contributed by atoms with Crippen molar-refractivity contribution in [1.29, 1.82) is 0 Å². The van der Waals surface area contributed by atoms with Gasteiger partial charge in [-0.2, -0.15) is 0 Å². The highest BCUT2D eigenvalue weighted by atomic mass is 16.5. The average Bonchev–Trinajstić information content (AvgIpc) is 3.18. The topological polar surface area (TPSA) is 58.0 Å². The van der Waals surface area contributed by atoms with Crippen molar-refractivity contribution in [2.45, 2.75) is 51.1 Å². The second-order valence-electron chi connectivity index (χ2n) is 5.87. The van der Waals surface area contributed by atoms with Crippen LogP contribution in [0.3, 0.4) is 0 Å². The van der Waals surface area contributed by atoms with Gasteiger partial charge in [-0.1, -0.05) is 5.16 Å². The number of fused-ring (bicyclic) bond motifs is 1. The SMILES string of the molecule is c1cc(CN2CCC[C@H]2c2nc3c([nH]2)CCCC3)no1. The third-order valence-electron chi connectivity index (χ3n) is 4.51. The molecule has 1 saturated heterocycles. The maximum atomic E-state index is 4.93. The maximum absolute atomic E-state index is 4.93. The Bertz CT molecular complexity index is 551. The fraction of sp³-hybridized carbons (Fsp3) is 0.600. The van der Waals surface area contributed by atoms with Crippen LogP contribution in [0.5, 0.6) is 0 Å². The fourth-order valence-electron chi connectivity index (χ4n) is 3.49. The van der Waals surface area contributed by atoms with E-state index < -0.39 is 0 Å². The third kappa shape index (κ3) is 2.16. The van der Waals surface area contributed by atoms with Crippen molar-refractivity contribution in [3.63, 3.8) is 0 Å². The first-order valence-corrected chi connectivity index (χ1v) is 7.61. The molecule has 0 aromatic carbocycles. The summed E-state index contributed by atoms with van der Waals surface area (Å²) in [7, 11) is 0. The van der Waals surface area contributed by atoms with Crippen LogP contribution in [0.25, 0.3) is 0 Å². The second kappa shape index (κ2) is 5.05. The van der Waals surface area contributed by atoms with Crippen molar-refractivity contribution in [2.75, 3.05) is 6.54 Å². The Morgan fingerprint density at radius 1 is 1.30 bits per heavy atom. The van der Waals surface area contributed by atoms with E-state index in [9.17, 15) is 0 Å². The first kappa shape index (κ1) is 12.1. The van der Waals surface area contributed by atoms with E-state index >= 15 is 0 Å². The van der Waals surface area contributed by atoms with Crippen LogP contribution >= 0.6 is 0 Å². The largest absolute Gasteiger partial charge is 0.364 e. The summed E-state index contributed by atoms with van der Waals surface area (Å²) in [6.45, 7) is 1.97. The normalized spacial score (nSPS) is 23.1. The summed E-state index contributed by atoms with van der Waals surface area (Å²) in [5.41, 5.74) is 3.69. The van der Waals surface area contributed by atoms with Crippen LogP contribution < -0.4 is 0 Å². The van der Waals surface area contributed by atoms with Crippen molar-refractivity contribution in [2.24, 2.45) is 0 Å². The lowest BCUT2D eigenvalue weighted by Gasteiger charge is -2.21. The van der Waals surface area contributed by atoms with Crippen LogP contribution in [-0.2, 0) is 19.4 Å². The average molecular weight is 272 g/mol. The molecule has 1 aliphatic heterocycles. The van der Waals surface area contributed by atoms with Crippen molar-refractivity contribution in [3.8, 4) is 0 Å². The van der Waals surface area contributed by atoms with E-state index in [-0.39, 0.29) is 0 Å². The molecule has 2 aromatic heterocycles. The van der Waals surface area contributed by atoms with Crippen molar-refractivity contribution >= 4 is 0 Å². The lowest BCUT2D eigenvalue weighted by Crippen LogP contribution is -2.23. The molecule has 1 atom stereocenters. The van der Waals surface area contributed by atoms with Gasteiger partial charge in [0.25, 0.3) is 0 Å². The smallest absolute Gasteiger partial charge is 0.124 e. The molecule has 2 aliphatic rings. The monoisotopic (exact) mass is 272 g/mol. The molecule has 0 unspecified atom stereocenters. The van der Waals surface area contributed by atoms with E-state index in [1.54, 1.807) is 6.26 Å². The molecule has 1 N–H and O–H groups in total. The number of aryl methyl sites for hydroxylation is 2. The molecule has 106 valence electrons. The molecule has 3 heterocycles. The summed E-state index contributed by atoms with van der Waals surface area (Å²) in [5.74, 6) is 1.16. The molecule has 2 aromatic rings. The first-order valence-electron chi connectivity index (χ1n) is 7.61. The van der Waals surface area contributed by atoms with Crippen LogP contribution in [0.4, 0.5) is 0 Å². The van der Waals surface area contributed by atoms with Gasteiger partial charge < -0.3 is 9.51 Å². The molecule has 0 saturated carbocycles. The van der Waals surface area contributed by atoms with Crippen LogP contribution in [0.1, 0.15) is 54.6 Å². The minimum absolute atomic E-state index is 0.414. The quantitative estimate of drug-likeness (QED) is 0.933. The van der Waals surface area contributed by atoms with E-state index in [1.807, 2.05) is 6.07 Å². The summed E-state index contributed by atoms with van der Waals surface area (Å²) in [4.78, 5) is 10.9. The summed E-state index contributed by atoms with van der Waals surface area (Å²) < 4.78 is 4.93. The summed E-state index contributed by atoms with van der Waals surface area (Å²) in [6.07, 6.45) is 8.94. The zero-order valence-electron chi connectivity index (χ0n) is 11.6. The van der Waals surface area contributed by atoms with Crippen LogP contribution in [-0.4, -0.2) is 26.6 Å². The predicted octanol–water partition coefficient (Wildman–Crippen LogP) is 2.61. The van der Waals surface area contributed by atoms with E-state index in [1.165, 1.54) is 43.5 Å². The number of aromatic nitrogens is 3. The first-order chi connectivity index (χ1) is 9.90. The van der Waals surface area contributed by atoms with Gasteiger partial charge in [-0.05, 0) is 45.1 Å². The van der Waals surface area contributed by atoms with Crippen LogP contribution in [0.2, 0.25) is 0 Å². The molecule has 4 rings (SSSR count). The lowest BCUT2D eigenvalue weighted by molar-refractivity contribution is 0.233. The highest BCUT2D eigenvalue weighted by Gasteiger charge is 2.30. The zero-order valence-corrected chi connectivity index (χ0v) is 11.6. The highest BCUT2D eigenvalue weighted by molar-refractivity contribution is 5.19. The predicted molar refractivity (Wildman–Crippen MR) is 74.1 cm³/mol. The lowest BCUT2D eigenvalue weighted by atomic mass is 10.0.